The second-order valence-corrected chi connectivity index (χ2v) is 9.34. The van der Waals surface area contributed by atoms with E-state index in [4.69, 9.17) is 16.3 Å². The predicted molar refractivity (Wildman–Crippen MR) is 110 cm³/mol. The molecule has 0 radical (unpaired) electrons. The largest absolute Gasteiger partial charge is 0.496 e. The van der Waals surface area contributed by atoms with Crippen LogP contribution in [-0.2, 0) is 16.2 Å². The van der Waals surface area contributed by atoms with Gasteiger partial charge in [-0.3, -0.25) is 4.79 Å². The fourth-order valence-corrected chi connectivity index (χ4v) is 5.04. The van der Waals surface area contributed by atoms with Gasteiger partial charge in [-0.1, -0.05) is 18.0 Å². The Morgan fingerprint density at radius 3 is 2.39 bits per heavy atom. The van der Waals surface area contributed by atoms with Crippen LogP contribution in [0.3, 0.4) is 0 Å². The van der Waals surface area contributed by atoms with E-state index in [-0.39, 0.29) is 21.2 Å². The lowest BCUT2D eigenvalue weighted by atomic mass is 10.1. The van der Waals surface area contributed by atoms with E-state index in [0.717, 1.165) is 31.4 Å². The van der Waals surface area contributed by atoms with Gasteiger partial charge in [0.1, 0.15) is 5.75 Å². The molecule has 31 heavy (non-hydrogen) atoms. The predicted octanol–water partition coefficient (Wildman–Crippen LogP) is 4.79. The number of methoxy groups -OCH3 is 1. The van der Waals surface area contributed by atoms with E-state index in [0.29, 0.717) is 19.2 Å². The van der Waals surface area contributed by atoms with Crippen molar-refractivity contribution in [1.29, 1.82) is 0 Å². The second-order valence-electron chi connectivity index (χ2n) is 6.97. The average Bonchev–Trinajstić information content (AvgIpc) is 2.74. The van der Waals surface area contributed by atoms with Gasteiger partial charge in [0.05, 0.1) is 28.8 Å². The number of hydrogen-bond acceptors (Lipinski definition) is 4. The molecule has 1 aliphatic rings. The van der Waals surface area contributed by atoms with E-state index in [1.807, 2.05) is 0 Å². The van der Waals surface area contributed by atoms with Gasteiger partial charge in [0.25, 0.3) is 5.91 Å². The van der Waals surface area contributed by atoms with Crippen molar-refractivity contribution in [3.63, 3.8) is 0 Å². The smallest absolute Gasteiger partial charge is 0.418 e. The summed E-state index contributed by atoms with van der Waals surface area (Å²) in [5.74, 6) is -0.919. The van der Waals surface area contributed by atoms with Crippen LogP contribution in [0.4, 0.5) is 18.9 Å². The first-order valence-corrected chi connectivity index (χ1v) is 11.2. The number of halogens is 4. The third-order valence-electron chi connectivity index (χ3n) is 4.90. The molecule has 0 atom stereocenters. The molecule has 1 amide bonds. The summed E-state index contributed by atoms with van der Waals surface area (Å²) in [7, 11) is -2.58. The van der Waals surface area contributed by atoms with Crippen LogP contribution < -0.4 is 10.1 Å². The van der Waals surface area contributed by atoms with Crippen LogP contribution in [0.1, 0.15) is 35.2 Å². The number of benzene rings is 2. The number of hydrogen-bond donors (Lipinski definition) is 1. The van der Waals surface area contributed by atoms with E-state index in [1.165, 1.54) is 29.6 Å². The molecule has 0 saturated carbocycles. The summed E-state index contributed by atoms with van der Waals surface area (Å²) in [6, 6.07) is 6.67. The summed E-state index contributed by atoms with van der Waals surface area (Å²) in [4.78, 5) is 12.7. The zero-order chi connectivity index (χ0) is 22.8. The summed E-state index contributed by atoms with van der Waals surface area (Å²) in [6.07, 6.45) is -2.35. The lowest BCUT2D eigenvalue weighted by Crippen LogP contribution is -2.35. The first-order chi connectivity index (χ1) is 14.5. The molecule has 1 saturated heterocycles. The highest BCUT2D eigenvalue weighted by atomic mass is 35.5. The summed E-state index contributed by atoms with van der Waals surface area (Å²) >= 11 is 5.66. The molecule has 2 aromatic rings. The summed E-state index contributed by atoms with van der Waals surface area (Å²) in [6.45, 7) is 0.741. The van der Waals surface area contributed by atoms with Crippen LogP contribution in [-0.4, -0.2) is 38.8 Å². The highest BCUT2D eigenvalue weighted by molar-refractivity contribution is 7.89. The monoisotopic (exact) mass is 476 g/mol. The third-order valence-corrected chi connectivity index (χ3v) is 7.03. The van der Waals surface area contributed by atoms with Crippen LogP contribution >= 0.6 is 11.6 Å². The van der Waals surface area contributed by atoms with Gasteiger partial charge in [-0.2, -0.15) is 17.5 Å². The Bertz CT molecular complexity index is 1080. The Hall–Kier alpha value is -2.30. The van der Waals surface area contributed by atoms with Crippen molar-refractivity contribution < 1.29 is 31.1 Å². The lowest BCUT2D eigenvalue weighted by Gasteiger charge is -2.26. The molecule has 1 aliphatic heterocycles. The van der Waals surface area contributed by atoms with Crippen LogP contribution in [0.5, 0.6) is 5.75 Å². The molecule has 3 rings (SSSR count). The van der Waals surface area contributed by atoms with Crippen molar-refractivity contribution in [1.82, 2.24) is 4.31 Å². The Balaban J connectivity index is 1.97. The maximum Gasteiger partial charge on any atom is 0.418 e. The Morgan fingerprint density at radius 2 is 1.77 bits per heavy atom. The van der Waals surface area contributed by atoms with Crippen LogP contribution in [0.15, 0.2) is 41.3 Å². The summed E-state index contributed by atoms with van der Waals surface area (Å²) in [5.41, 5.74) is -1.83. The minimum absolute atomic E-state index is 0.0256. The molecule has 1 heterocycles. The molecule has 1 fully saturated rings. The number of nitrogens with one attached hydrogen (secondary N) is 1. The molecule has 0 spiro atoms. The highest BCUT2D eigenvalue weighted by Crippen LogP contribution is 2.37. The normalized spacial score (nSPS) is 15.5. The summed E-state index contributed by atoms with van der Waals surface area (Å²) in [5, 5.41) is 2.05. The molecule has 2 aromatic carbocycles. The standard InChI is InChI=1S/C20H20ClF3N2O4S/c1-30-18-8-6-14(31(28,29)26-9-3-2-4-10-26)12-15(18)19(27)25-17-7-5-13(21)11-16(17)20(22,23)24/h5-8,11-12H,2-4,9-10H2,1H3,(H,25,27). The van der Waals surface area contributed by atoms with Gasteiger partial charge < -0.3 is 10.1 Å². The lowest BCUT2D eigenvalue weighted by molar-refractivity contribution is -0.136. The number of alkyl halides is 3. The van der Waals surface area contributed by atoms with E-state index >= 15 is 0 Å². The van der Waals surface area contributed by atoms with E-state index in [1.54, 1.807) is 0 Å². The zero-order valence-electron chi connectivity index (χ0n) is 16.5. The number of rotatable bonds is 5. The number of piperidine rings is 1. The number of carbonyl (C=O) groups is 1. The molecule has 0 bridgehead atoms. The zero-order valence-corrected chi connectivity index (χ0v) is 18.1. The summed E-state index contributed by atoms with van der Waals surface area (Å²) < 4.78 is 72.3. The Labute approximate surface area is 183 Å². The number of sulfonamides is 1. The van der Waals surface area contributed by atoms with Gasteiger partial charge >= 0.3 is 6.18 Å². The van der Waals surface area contributed by atoms with Crippen LogP contribution in [0.25, 0.3) is 0 Å². The van der Waals surface area contributed by atoms with Crippen molar-refractivity contribution in [3.8, 4) is 5.75 Å². The molecular weight excluding hydrogens is 457 g/mol. The Morgan fingerprint density at radius 1 is 1.10 bits per heavy atom. The average molecular weight is 477 g/mol. The molecule has 1 N–H and O–H groups in total. The quantitative estimate of drug-likeness (QED) is 0.673. The first kappa shape index (κ1) is 23.4. The molecule has 6 nitrogen and oxygen atoms in total. The molecule has 0 aromatic heterocycles. The van der Waals surface area contributed by atoms with Gasteiger partial charge in [-0.05, 0) is 49.2 Å². The van der Waals surface area contributed by atoms with Gasteiger partial charge in [0.2, 0.25) is 10.0 Å². The van der Waals surface area contributed by atoms with E-state index < -0.39 is 33.4 Å². The molecule has 168 valence electrons. The van der Waals surface area contributed by atoms with Gasteiger partial charge in [-0.15, -0.1) is 0 Å². The SMILES string of the molecule is COc1ccc(S(=O)(=O)N2CCCCC2)cc1C(=O)Nc1ccc(Cl)cc1C(F)(F)F. The minimum Gasteiger partial charge on any atom is -0.496 e. The fourth-order valence-electron chi connectivity index (χ4n) is 3.33. The fraction of sp³-hybridized carbons (Fsp3) is 0.350. The van der Waals surface area contributed by atoms with Crippen LogP contribution in [0, 0.1) is 0 Å². The van der Waals surface area contributed by atoms with Gasteiger partial charge in [0.15, 0.2) is 0 Å². The van der Waals surface area contributed by atoms with Crippen molar-refractivity contribution >= 4 is 33.2 Å². The number of amides is 1. The molecule has 0 aliphatic carbocycles. The minimum atomic E-state index is -4.75. The number of carbonyl (C=O) groups excluding carboxylic acids is 1. The molecule has 11 heteroatoms. The Kier molecular flexibility index (Phi) is 6.82. The maximum absolute atomic E-state index is 13.3. The van der Waals surface area contributed by atoms with E-state index in [9.17, 15) is 26.4 Å². The van der Waals surface area contributed by atoms with E-state index in [2.05, 4.69) is 5.32 Å². The van der Waals surface area contributed by atoms with Gasteiger partial charge in [-0.25, -0.2) is 8.42 Å². The van der Waals surface area contributed by atoms with Crippen molar-refractivity contribution in [2.24, 2.45) is 0 Å². The number of ether oxygens (including phenoxy) is 1. The molecular formula is C20H20ClF3N2O4S. The molecule has 0 unspecified atom stereocenters. The highest BCUT2D eigenvalue weighted by Gasteiger charge is 2.35. The van der Waals surface area contributed by atoms with Gasteiger partial charge in [0, 0.05) is 18.1 Å². The third kappa shape index (κ3) is 5.13. The van der Waals surface area contributed by atoms with Crippen molar-refractivity contribution in [2.45, 2.75) is 30.3 Å². The second kappa shape index (κ2) is 9.05. The topological polar surface area (TPSA) is 75.7 Å². The van der Waals surface area contributed by atoms with Crippen molar-refractivity contribution in [2.75, 3.05) is 25.5 Å². The van der Waals surface area contributed by atoms with Crippen LogP contribution in [0.2, 0.25) is 5.02 Å². The first-order valence-electron chi connectivity index (χ1n) is 9.40. The van der Waals surface area contributed by atoms with Crippen molar-refractivity contribution in [3.05, 3.63) is 52.5 Å². The number of anilines is 1. The maximum atomic E-state index is 13.3. The number of nitrogens with zero attached hydrogens (tertiary/aromatic N) is 1.